The molecular formula is C15H11F2NO. The Balaban J connectivity index is 2.56. The van der Waals surface area contributed by atoms with E-state index in [0.29, 0.717) is 33.7 Å². The van der Waals surface area contributed by atoms with Gasteiger partial charge in [-0.05, 0) is 47.7 Å². The van der Waals surface area contributed by atoms with Gasteiger partial charge < -0.3 is 4.98 Å². The number of pyridine rings is 1. The third-order valence-electron chi connectivity index (χ3n) is 3.33. The third kappa shape index (κ3) is 1.80. The Morgan fingerprint density at radius 1 is 1.05 bits per heavy atom. The Hall–Kier alpha value is -2.23. The van der Waals surface area contributed by atoms with Crippen LogP contribution in [0, 0.1) is 11.6 Å². The molecule has 2 aromatic carbocycles. The summed E-state index contributed by atoms with van der Waals surface area (Å²) in [5.74, 6) is -0.785. The van der Waals surface area contributed by atoms with E-state index in [-0.39, 0.29) is 11.4 Å². The second kappa shape index (κ2) is 4.16. The molecule has 0 spiro atoms. The Bertz CT molecular complexity index is 852. The second-order valence-electron chi connectivity index (χ2n) is 4.49. The highest BCUT2D eigenvalue weighted by Gasteiger charge is 2.10. The first-order chi connectivity index (χ1) is 9.10. The molecule has 19 heavy (non-hydrogen) atoms. The number of hydrogen-bond donors (Lipinski definition) is 1. The average molecular weight is 259 g/mol. The van der Waals surface area contributed by atoms with Crippen molar-refractivity contribution < 1.29 is 8.78 Å². The van der Waals surface area contributed by atoms with E-state index in [2.05, 4.69) is 4.98 Å². The maximum Gasteiger partial charge on any atom is 0.256 e. The van der Waals surface area contributed by atoms with Gasteiger partial charge in [-0.25, -0.2) is 8.78 Å². The molecule has 1 heterocycles. The molecule has 0 atom stereocenters. The average Bonchev–Trinajstić information content (AvgIpc) is 2.39. The fourth-order valence-corrected chi connectivity index (χ4v) is 2.34. The highest BCUT2D eigenvalue weighted by Crippen LogP contribution is 2.24. The molecule has 96 valence electrons. The number of aryl methyl sites for hydroxylation is 1. The van der Waals surface area contributed by atoms with Gasteiger partial charge in [0.2, 0.25) is 0 Å². The fourth-order valence-electron chi connectivity index (χ4n) is 2.34. The summed E-state index contributed by atoms with van der Waals surface area (Å²) in [6, 6.07) is 6.90. The van der Waals surface area contributed by atoms with Crippen LogP contribution < -0.4 is 5.56 Å². The summed E-state index contributed by atoms with van der Waals surface area (Å²) in [6.45, 7) is 1.82. The number of nitrogens with one attached hydrogen (secondary N) is 1. The smallest absolute Gasteiger partial charge is 0.256 e. The summed E-state index contributed by atoms with van der Waals surface area (Å²) in [4.78, 5) is 14.7. The van der Waals surface area contributed by atoms with Crippen LogP contribution in [0.1, 0.15) is 12.5 Å². The lowest BCUT2D eigenvalue weighted by Crippen LogP contribution is -2.07. The van der Waals surface area contributed by atoms with E-state index in [1.54, 1.807) is 0 Å². The van der Waals surface area contributed by atoms with Crippen LogP contribution >= 0.6 is 0 Å². The van der Waals surface area contributed by atoms with Crippen molar-refractivity contribution in [3.8, 4) is 0 Å². The van der Waals surface area contributed by atoms with Gasteiger partial charge in [0, 0.05) is 16.3 Å². The maximum atomic E-state index is 13.9. The highest BCUT2D eigenvalue weighted by atomic mass is 19.1. The van der Waals surface area contributed by atoms with Crippen molar-refractivity contribution in [1.29, 1.82) is 0 Å². The predicted octanol–water partition coefficient (Wildman–Crippen LogP) is 3.52. The molecule has 0 aliphatic rings. The topological polar surface area (TPSA) is 32.9 Å². The van der Waals surface area contributed by atoms with Crippen molar-refractivity contribution in [2.24, 2.45) is 0 Å². The number of benzene rings is 2. The zero-order chi connectivity index (χ0) is 13.6. The van der Waals surface area contributed by atoms with Crippen molar-refractivity contribution in [2.75, 3.05) is 0 Å². The molecule has 0 bridgehead atoms. The van der Waals surface area contributed by atoms with Crippen LogP contribution in [0.15, 0.2) is 35.1 Å². The minimum Gasteiger partial charge on any atom is -0.321 e. The van der Waals surface area contributed by atoms with Crippen molar-refractivity contribution in [2.45, 2.75) is 13.3 Å². The Labute approximate surface area is 107 Å². The van der Waals surface area contributed by atoms with Crippen molar-refractivity contribution in [3.05, 3.63) is 57.9 Å². The summed E-state index contributed by atoms with van der Waals surface area (Å²) in [5, 5.41) is 1.33. The summed E-state index contributed by atoms with van der Waals surface area (Å²) >= 11 is 0. The van der Waals surface area contributed by atoms with Crippen LogP contribution in [-0.4, -0.2) is 4.98 Å². The SMILES string of the molecule is CCc1cc2c(=O)[nH]c3ccc(F)cc3c2cc1F. The number of rotatable bonds is 1. The lowest BCUT2D eigenvalue weighted by Gasteiger charge is -2.06. The third-order valence-corrected chi connectivity index (χ3v) is 3.33. The fraction of sp³-hybridized carbons (Fsp3) is 0.133. The van der Waals surface area contributed by atoms with Gasteiger partial charge in [-0.2, -0.15) is 0 Å². The molecule has 0 aliphatic carbocycles. The van der Waals surface area contributed by atoms with Crippen LogP contribution in [0.3, 0.4) is 0 Å². The molecular weight excluding hydrogens is 248 g/mol. The lowest BCUT2D eigenvalue weighted by atomic mass is 10.0. The largest absolute Gasteiger partial charge is 0.321 e. The van der Waals surface area contributed by atoms with Gasteiger partial charge in [-0.1, -0.05) is 6.92 Å². The molecule has 4 heteroatoms. The zero-order valence-electron chi connectivity index (χ0n) is 10.3. The number of halogens is 2. The molecule has 0 fully saturated rings. The van der Waals surface area contributed by atoms with Crippen molar-refractivity contribution in [1.82, 2.24) is 4.98 Å². The second-order valence-corrected chi connectivity index (χ2v) is 4.49. The maximum absolute atomic E-state index is 13.9. The summed E-state index contributed by atoms with van der Waals surface area (Å²) in [7, 11) is 0. The molecule has 0 amide bonds. The molecule has 0 unspecified atom stereocenters. The molecule has 3 rings (SSSR count). The van der Waals surface area contributed by atoms with Crippen LogP contribution in [0.2, 0.25) is 0 Å². The van der Waals surface area contributed by atoms with Gasteiger partial charge in [-0.15, -0.1) is 0 Å². The van der Waals surface area contributed by atoms with Crippen LogP contribution in [-0.2, 0) is 6.42 Å². The molecule has 0 radical (unpaired) electrons. The summed E-state index contributed by atoms with van der Waals surface area (Å²) in [6.07, 6.45) is 0.502. The first-order valence-electron chi connectivity index (χ1n) is 6.04. The van der Waals surface area contributed by atoms with E-state index in [1.807, 2.05) is 6.92 Å². The standard InChI is InChI=1S/C15H11F2NO/c1-2-8-5-12-10(7-13(8)17)11-6-9(16)3-4-14(11)18-15(12)19/h3-7H,2H2,1H3,(H,18,19). The molecule has 1 aromatic heterocycles. The Morgan fingerprint density at radius 2 is 1.84 bits per heavy atom. The normalized spacial score (nSPS) is 11.3. The van der Waals surface area contributed by atoms with E-state index in [4.69, 9.17) is 0 Å². The molecule has 3 aromatic rings. The van der Waals surface area contributed by atoms with Gasteiger partial charge in [0.15, 0.2) is 0 Å². The first kappa shape index (κ1) is 11.8. The van der Waals surface area contributed by atoms with Gasteiger partial charge in [-0.3, -0.25) is 4.79 Å². The van der Waals surface area contributed by atoms with Crippen molar-refractivity contribution in [3.63, 3.8) is 0 Å². The minimum absolute atomic E-state index is 0.288. The summed E-state index contributed by atoms with van der Waals surface area (Å²) < 4.78 is 27.2. The van der Waals surface area contributed by atoms with Gasteiger partial charge >= 0.3 is 0 Å². The number of fused-ring (bicyclic) bond motifs is 3. The number of H-pyrrole nitrogens is 1. The van der Waals surface area contributed by atoms with E-state index >= 15 is 0 Å². The molecule has 0 aliphatic heterocycles. The highest BCUT2D eigenvalue weighted by molar-refractivity contribution is 6.05. The molecule has 1 N–H and O–H groups in total. The Morgan fingerprint density at radius 3 is 2.58 bits per heavy atom. The monoisotopic (exact) mass is 259 g/mol. The van der Waals surface area contributed by atoms with Crippen LogP contribution in [0.25, 0.3) is 21.7 Å². The van der Waals surface area contributed by atoms with Crippen LogP contribution in [0.5, 0.6) is 0 Å². The van der Waals surface area contributed by atoms with E-state index in [1.165, 1.54) is 30.3 Å². The predicted molar refractivity (Wildman–Crippen MR) is 71.4 cm³/mol. The quantitative estimate of drug-likeness (QED) is 0.666. The van der Waals surface area contributed by atoms with Crippen molar-refractivity contribution >= 4 is 21.7 Å². The number of aromatic amines is 1. The molecule has 0 saturated carbocycles. The van der Waals surface area contributed by atoms with E-state index in [0.717, 1.165) is 0 Å². The Kier molecular flexibility index (Phi) is 2.59. The molecule has 2 nitrogen and oxygen atoms in total. The zero-order valence-corrected chi connectivity index (χ0v) is 10.3. The van der Waals surface area contributed by atoms with Gasteiger partial charge in [0.05, 0.1) is 0 Å². The first-order valence-corrected chi connectivity index (χ1v) is 6.04. The van der Waals surface area contributed by atoms with Crippen LogP contribution in [0.4, 0.5) is 8.78 Å². The van der Waals surface area contributed by atoms with Gasteiger partial charge in [0.25, 0.3) is 5.56 Å². The lowest BCUT2D eigenvalue weighted by molar-refractivity contribution is 0.614. The van der Waals surface area contributed by atoms with E-state index < -0.39 is 5.82 Å². The van der Waals surface area contributed by atoms with E-state index in [9.17, 15) is 13.6 Å². The summed E-state index contributed by atoms with van der Waals surface area (Å²) in [5.41, 5.74) is 0.695. The number of aromatic nitrogens is 1. The molecule has 0 saturated heterocycles. The number of hydrogen-bond acceptors (Lipinski definition) is 1. The minimum atomic E-state index is -0.416. The van der Waals surface area contributed by atoms with Gasteiger partial charge in [0.1, 0.15) is 11.6 Å².